The number of amides is 1. The monoisotopic (exact) mass is 363 g/mol. The van der Waals surface area contributed by atoms with Gasteiger partial charge in [-0.2, -0.15) is 8.78 Å². The molecule has 0 saturated heterocycles. The van der Waals surface area contributed by atoms with Crippen LogP contribution in [0.4, 0.5) is 14.5 Å². The number of rotatable bonds is 8. The summed E-state index contributed by atoms with van der Waals surface area (Å²) in [4.78, 5) is 12.0. The van der Waals surface area contributed by atoms with Gasteiger partial charge in [-0.3, -0.25) is 4.79 Å². The zero-order valence-electron chi connectivity index (χ0n) is 14.4. The van der Waals surface area contributed by atoms with Gasteiger partial charge in [-0.25, -0.2) is 0 Å². The number of methoxy groups -OCH3 is 1. The van der Waals surface area contributed by atoms with Crippen LogP contribution in [0.5, 0.6) is 17.2 Å². The minimum Gasteiger partial charge on any atom is -0.493 e. The van der Waals surface area contributed by atoms with E-state index in [0.29, 0.717) is 23.8 Å². The molecule has 0 bridgehead atoms. The van der Waals surface area contributed by atoms with E-state index in [1.54, 1.807) is 30.3 Å². The number of benzene rings is 2. The van der Waals surface area contributed by atoms with Gasteiger partial charge < -0.3 is 19.5 Å². The van der Waals surface area contributed by atoms with Crippen molar-refractivity contribution in [3.8, 4) is 17.2 Å². The van der Waals surface area contributed by atoms with Crippen LogP contribution in [0.3, 0.4) is 0 Å². The van der Waals surface area contributed by atoms with E-state index in [4.69, 9.17) is 9.47 Å². The standard InChI is InChI=1S/C19H19F2NO4/c1-3-25-16-9-7-13(11-17(16)24-2)8-10-18(23)22-14-5-4-6-15(12-14)26-19(20)21/h4-12,19H,3H2,1-2H3,(H,22,23). The predicted molar refractivity (Wildman–Crippen MR) is 94.9 cm³/mol. The average molecular weight is 363 g/mol. The van der Waals surface area contributed by atoms with Crippen molar-refractivity contribution in [3.63, 3.8) is 0 Å². The summed E-state index contributed by atoms with van der Waals surface area (Å²) in [7, 11) is 1.53. The fourth-order valence-corrected chi connectivity index (χ4v) is 2.17. The zero-order chi connectivity index (χ0) is 18.9. The molecule has 26 heavy (non-hydrogen) atoms. The van der Waals surface area contributed by atoms with Gasteiger partial charge in [-0.05, 0) is 42.8 Å². The number of hydrogen-bond donors (Lipinski definition) is 1. The van der Waals surface area contributed by atoms with Gasteiger partial charge in [-0.1, -0.05) is 12.1 Å². The summed E-state index contributed by atoms with van der Waals surface area (Å²) >= 11 is 0. The first-order valence-electron chi connectivity index (χ1n) is 7.86. The minimum absolute atomic E-state index is 0.0296. The summed E-state index contributed by atoms with van der Waals surface area (Å²) in [5.74, 6) is 0.740. The van der Waals surface area contributed by atoms with Crippen molar-refractivity contribution in [2.75, 3.05) is 19.0 Å². The third-order valence-electron chi connectivity index (χ3n) is 3.24. The fraction of sp³-hybridized carbons (Fsp3) is 0.211. The summed E-state index contributed by atoms with van der Waals surface area (Å²) in [6.07, 6.45) is 2.93. The molecule has 0 aromatic heterocycles. The molecule has 2 aromatic rings. The molecular formula is C19H19F2NO4. The number of ether oxygens (including phenoxy) is 3. The average Bonchev–Trinajstić information content (AvgIpc) is 2.60. The Bertz CT molecular complexity index is 778. The quantitative estimate of drug-likeness (QED) is 0.709. The lowest BCUT2D eigenvalue weighted by molar-refractivity contribution is -0.111. The van der Waals surface area contributed by atoms with Gasteiger partial charge in [0.1, 0.15) is 5.75 Å². The smallest absolute Gasteiger partial charge is 0.387 e. The summed E-state index contributed by atoms with van der Waals surface area (Å²) in [5.41, 5.74) is 1.09. The first kappa shape index (κ1) is 19.2. The van der Waals surface area contributed by atoms with Crippen molar-refractivity contribution < 1.29 is 27.8 Å². The van der Waals surface area contributed by atoms with E-state index >= 15 is 0 Å². The highest BCUT2D eigenvalue weighted by Gasteiger charge is 2.06. The molecule has 138 valence electrons. The van der Waals surface area contributed by atoms with Crippen molar-refractivity contribution in [2.45, 2.75) is 13.5 Å². The molecule has 0 aliphatic carbocycles. The summed E-state index contributed by atoms with van der Waals surface area (Å²) < 4.78 is 39.4. The van der Waals surface area contributed by atoms with Gasteiger partial charge >= 0.3 is 6.61 Å². The molecule has 1 N–H and O–H groups in total. The predicted octanol–water partition coefficient (Wildman–Crippen LogP) is 4.35. The number of carbonyl (C=O) groups is 1. The van der Waals surface area contributed by atoms with Crippen molar-refractivity contribution in [2.24, 2.45) is 0 Å². The summed E-state index contributed by atoms with van der Waals surface area (Å²) in [6, 6.07) is 11.1. The molecule has 0 saturated carbocycles. The molecular weight excluding hydrogens is 344 g/mol. The molecule has 7 heteroatoms. The third-order valence-corrected chi connectivity index (χ3v) is 3.24. The molecule has 0 fully saturated rings. The molecule has 0 spiro atoms. The van der Waals surface area contributed by atoms with E-state index in [0.717, 1.165) is 5.56 Å². The maximum absolute atomic E-state index is 12.2. The number of nitrogens with one attached hydrogen (secondary N) is 1. The molecule has 0 aliphatic rings. The van der Waals surface area contributed by atoms with Crippen molar-refractivity contribution >= 4 is 17.7 Å². The lowest BCUT2D eigenvalue weighted by Crippen LogP contribution is -2.08. The van der Waals surface area contributed by atoms with Crippen LogP contribution in [-0.4, -0.2) is 26.2 Å². The first-order valence-corrected chi connectivity index (χ1v) is 7.86. The SMILES string of the molecule is CCOc1ccc(C=CC(=O)Nc2cccc(OC(F)F)c2)cc1OC. The Morgan fingerprint density at radius 3 is 2.69 bits per heavy atom. The molecule has 5 nitrogen and oxygen atoms in total. The van der Waals surface area contributed by atoms with Crippen LogP contribution in [0.25, 0.3) is 6.08 Å². The van der Waals surface area contributed by atoms with E-state index in [1.165, 1.54) is 31.4 Å². The summed E-state index contributed by atoms with van der Waals surface area (Å²) in [5, 5.41) is 2.58. The maximum Gasteiger partial charge on any atom is 0.387 e. The van der Waals surface area contributed by atoms with Crippen LogP contribution in [0.15, 0.2) is 48.5 Å². The topological polar surface area (TPSA) is 56.8 Å². The Hall–Kier alpha value is -3.09. The van der Waals surface area contributed by atoms with E-state index in [2.05, 4.69) is 10.1 Å². The summed E-state index contributed by atoms with van der Waals surface area (Å²) in [6.45, 7) is -0.531. The highest BCUT2D eigenvalue weighted by Crippen LogP contribution is 2.28. The number of anilines is 1. The van der Waals surface area contributed by atoms with Crippen LogP contribution in [-0.2, 0) is 4.79 Å². The van der Waals surface area contributed by atoms with Crippen LogP contribution >= 0.6 is 0 Å². The maximum atomic E-state index is 12.2. The van der Waals surface area contributed by atoms with Gasteiger partial charge in [0.15, 0.2) is 11.5 Å². The van der Waals surface area contributed by atoms with Crippen molar-refractivity contribution in [1.29, 1.82) is 0 Å². The van der Waals surface area contributed by atoms with Gasteiger partial charge in [-0.15, -0.1) is 0 Å². The third kappa shape index (κ3) is 5.77. The van der Waals surface area contributed by atoms with Gasteiger partial charge in [0.25, 0.3) is 0 Å². The normalized spacial score (nSPS) is 10.8. The lowest BCUT2D eigenvalue weighted by atomic mass is 10.2. The highest BCUT2D eigenvalue weighted by atomic mass is 19.3. The molecule has 1 amide bonds. The van der Waals surface area contributed by atoms with Crippen LogP contribution in [0.2, 0.25) is 0 Å². The number of halogens is 2. The Morgan fingerprint density at radius 1 is 1.19 bits per heavy atom. The first-order chi connectivity index (χ1) is 12.5. The van der Waals surface area contributed by atoms with E-state index in [1.807, 2.05) is 6.92 Å². The molecule has 0 aliphatic heterocycles. The van der Waals surface area contributed by atoms with Gasteiger partial charge in [0.05, 0.1) is 13.7 Å². The Morgan fingerprint density at radius 2 is 2.00 bits per heavy atom. The van der Waals surface area contributed by atoms with E-state index in [-0.39, 0.29) is 5.75 Å². The second kappa shape index (κ2) is 9.41. The fourth-order valence-electron chi connectivity index (χ4n) is 2.17. The molecule has 0 radical (unpaired) electrons. The number of hydrogen-bond acceptors (Lipinski definition) is 4. The zero-order valence-corrected chi connectivity index (χ0v) is 14.4. The second-order valence-corrected chi connectivity index (χ2v) is 5.07. The van der Waals surface area contributed by atoms with Crippen LogP contribution in [0.1, 0.15) is 12.5 Å². The van der Waals surface area contributed by atoms with Crippen molar-refractivity contribution in [1.82, 2.24) is 0 Å². The minimum atomic E-state index is -2.92. The van der Waals surface area contributed by atoms with Crippen LogP contribution < -0.4 is 19.5 Å². The van der Waals surface area contributed by atoms with Gasteiger partial charge in [0.2, 0.25) is 5.91 Å². The lowest BCUT2D eigenvalue weighted by Gasteiger charge is -2.09. The second-order valence-electron chi connectivity index (χ2n) is 5.07. The largest absolute Gasteiger partial charge is 0.493 e. The number of alkyl halides is 2. The Labute approximate surface area is 150 Å². The van der Waals surface area contributed by atoms with Crippen LogP contribution in [0, 0.1) is 0 Å². The highest BCUT2D eigenvalue weighted by molar-refractivity contribution is 6.02. The molecule has 2 rings (SSSR count). The molecule has 0 atom stereocenters. The molecule has 2 aromatic carbocycles. The van der Waals surface area contributed by atoms with E-state index in [9.17, 15) is 13.6 Å². The Kier molecular flexibility index (Phi) is 6.96. The van der Waals surface area contributed by atoms with Crippen molar-refractivity contribution in [3.05, 3.63) is 54.1 Å². The molecule has 0 heterocycles. The molecule has 0 unspecified atom stereocenters. The van der Waals surface area contributed by atoms with Gasteiger partial charge in [0, 0.05) is 17.8 Å². The van der Waals surface area contributed by atoms with E-state index < -0.39 is 12.5 Å². The number of carbonyl (C=O) groups excluding carboxylic acids is 1. The Balaban J connectivity index is 2.03.